The van der Waals surface area contributed by atoms with Crippen LogP contribution in [0.1, 0.15) is 21.5 Å². The van der Waals surface area contributed by atoms with E-state index in [4.69, 9.17) is 17.2 Å². The van der Waals surface area contributed by atoms with E-state index < -0.39 is 0 Å². The van der Waals surface area contributed by atoms with Crippen LogP contribution in [-0.4, -0.2) is 16.0 Å². The molecule has 0 radical (unpaired) electrons. The van der Waals surface area contributed by atoms with Gasteiger partial charge < -0.3 is 5.32 Å². The Morgan fingerprint density at radius 2 is 1.80 bits per heavy atom. The molecule has 0 aliphatic rings. The van der Waals surface area contributed by atoms with Crippen LogP contribution >= 0.6 is 39.5 Å². The second-order valence-corrected chi connectivity index (χ2v) is 9.23. The Morgan fingerprint density at radius 1 is 1.03 bits per heavy atom. The van der Waals surface area contributed by atoms with Gasteiger partial charge in [-0.3, -0.25) is 10.1 Å². The van der Waals surface area contributed by atoms with Crippen LogP contribution in [0.15, 0.2) is 65.1 Å². The fraction of sp³-hybridized carbons (Fsp3) is 0.0870. The molecule has 2 N–H and O–H groups in total. The summed E-state index contributed by atoms with van der Waals surface area (Å²) in [6.07, 6.45) is 0. The molecule has 0 aliphatic heterocycles. The molecule has 4 nitrogen and oxygen atoms in total. The fourth-order valence-electron chi connectivity index (χ4n) is 2.92. The standard InChI is InChI=1S/C23H18BrN3OS2/c1-13-3-10-19-20(11-13)30-22(26-19)15-6-8-17(9-7-15)25-23(29)27-21(28)16-5-4-14(2)18(24)12-16/h3-12H,1-2H3,(H2,25,27,28,29). The summed E-state index contributed by atoms with van der Waals surface area (Å²) in [7, 11) is 0. The maximum atomic E-state index is 12.4. The van der Waals surface area contributed by atoms with Crippen LogP contribution in [0.3, 0.4) is 0 Å². The van der Waals surface area contributed by atoms with E-state index >= 15 is 0 Å². The van der Waals surface area contributed by atoms with Gasteiger partial charge in [-0.25, -0.2) is 4.98 Å². The second kappa shape index (κ2) is 8.63. The van der Waals surface area contributed by atoms with Crippen molar-refractivity contribution in [3.8, 4) is 10.6 Å². The molecule has 4 rings (SSSR count). The van der Waals surface area contributed by atoms with Gasteiger partial charge in [0.05, 0.1) is 10.2 Å². The average molecular weight is 496 g/mol. The zero-order chi connectivity index (χ0) is 21.3. The van der Waals surface area contributed by atoms with Gasteiger partial charge in [0.1, 0.15) is 5.01 Å². The number of nitrogens with one attached hydrogen (secondary N) is 2. The number of hydrogen-bond donors (Lipinski definition) is 2. The third-order valence-corrected chi connectivity index (χ3v) is 6.72. The minimum absolute atomic E-state index is 0.250. The molecule has 0 bridgehead atoms. The maximum Gasteiger partial charge on any atom is 0.257 e. The zero-order valence-electron chi connectivity index (χ0n) is 16.3. The number of amides is 1. The van der Waals surface area contributed by atoms with Crippen molar-refractivity contribution in [2.75, 3.05) is 5.32 Å². The highest BCUT2D eigenvalue weighted by molar-refractivity contribution is 9.10. The summed E-state index contributed by atoms with van der Waals surface area (Å²) in [6.45, 7) is 4.05. The summed E-state index contributed by atoms with van der Waals surface area (Å²) in [5.41, 5.74) is 5.68. The molecule has 1 amide bonds. The molecule has 0 unspecified atom stereocenters. The monoisotopic (exact) mass is 495 g/mol. The van der Waals surface area contributed by atoms with Crippen LogP contribution in [0.2, 0.25) is 0 Å². The number of carbonyl (C=O) groups excluding carboxylic acids is 1. The number of thiocarbonyl (C=S) groups is 1. The van der Waals surface area contributed by atoms with Crippen molar-refractivity contribution in [2.45, 2.75) is 13.8 Å². The lowest BCUT2D eigenvalue weighted by Crippen LogP contribution is -2.34. The van der Waals surface area contributed by atoms with Crippen LogP contribution < -0.4 is 10.6 Å². The number of halogens is 1. The first-order valence-electron chi connectivity index (χ1n) is 9.25. The van der Waals surface area contributed by atoms with Gasteiger partial charge in [0.15, 0.2) is 5.11 Å². The van der Waals surface area contributed by atoms with Crippen molar-refractivity contribution in [3.05, 3.63) is 81.8 Å². The molecule has 150 valence electrons. The molecule has 4 aromatic rings. The molecule has 30 heavy (non-hydrogen) atoms. The van der Waals surface area contributed by atoms with Crippen LogP contribution in [0.25, 0.3) is 20.8 Å². The Kier molecular flexibility index (Phi) is 5.94. The van der Waals surface area contributed by atoms with E-state index in [0.717, 1.165) is 31.8 Å². The highest BCUT2D eigenvalue weighted by Gasteiger charge is 2.10. The molecular weight excluding hydrogens is 478 g/mol. The Morgan fingerprint density at radius 3 is 2.53 bits per heavy atom. The molecule has 0 saturated heterocycles. The van der Waals surface area contributed by atoms with Gasteiger partial charge in [0.2, 0.25) is 0 Å². The van der Waals surface area contributed by atoms with Crippen LogP contribution in [0.5, 0.6) is 0 Å². The Bertz CT molecular complexity index is 1270. The molecule has 3 aromatic carbocycles. The van der Waals surface area contributed by atoms with Gasteiger partial charge in [-0.15, -0.1) is 11.3 Å². The third-order valence-electron chi connectivity index (χ3n) is 4.59. The summed E-state index contributed by atoms with van der Waals surface area (Å²) in [6, 6.07) is 19.5. The summed E-state index contributed by atoms with van der Waals surface area (Å²) < 4.78 is 2.06. The van der Waals surface area contributed by atoms with Crippen molar-refractivity contribution >= 4 is 66.4 Å². The molecule has 0 spiro atoms. The molecule has 0 saturated carbocycles. The van der Waals surface area contributed by atoms with Crippen molar-refractivity contribution in [1.82, 2.24) is 10.3 Å². The van der Waals surface area contributed by atoms with E-state index in [9.17, 15) is 4.79 Å². The highest BCUT2D eigenvalue weighted by atomic mass is 79.9. The number of anilines is 1. The number of benzene rings is 3. The van der Waals surface area contributed by atoms with E-state index in [0.29, 0.717) is 5.56 Å². The summed E-state index contributed by atoms with van der Waals surface area (Å²) in [4.78, 5) is 17.1. The van der Waals surface area contributed by atoms with E-state index in [1.807, 2.05) is 43.3 Å². The lowest BCUT2D eigenvalue weighted by molar-refractivity contribution is 0.0977. The number of fused-ring (bicyclic) bond motifs is 1. The van der Waals surface area contributed by atoms with Gasteiger partial charge in [-0.1, -0.05) is 28.1 Å². The quantitative estimate of drug-likeness (QED) is 0.319. The van der Waals surface area contributed by atoms with Crippen LogP contribution in [0, 0.1) is 13.8 Å². The van der Waals surface area contributed by atoms with Gasteiger partial charge in [-0.2, -0.15) is 0 Å². The van der Waals surface area contributed by atoms with E-state index in [1.165, 1.54) is 10.3 Å². The minimum atomic E-state index is -0.255. The van der Waals surface area contributed by atoms with Crippen molar-refractivity contribution < 1.29 is 4.79 Å². The zero-order valence-corrected chi connectivity index (χ0v) is 19.5. The van der Waals surface area contributed by atoms with Gasteiger partial charge in [0, 0.05) is 21.3 Å². The first kappa shape index (κ1) is 20.7. The van der Waals surface area contributed by atoms with Gasteiger partial charge >= 0.3 is 0 Å². The van der Waals surface area contributed by atoms with Crippen LogP contribution in [0.4, 0.5) is 5.69 Å². The van der Waals surface area contributed by atoms with E-state index in [1.54, 1.807) is 23.5 Å². The lowest BCUT2D eigenvalue weighted by Gasteiger charge is -2.10. The molecule has 0 atom stereocenters. The average Bonchev–Trinajstić information content (AvgIpc) is 3.13. The number of aromatic nitrogens is 1. The smallest absolute Gasteiger partial charge is 0.257 e. The number of hydrogen-bond acceptors (Lipinski definition) is 4. The Labute approximate surface area is 192 Å². The maximum absolute atomic E-state index is 12.4. The predicted octanol–water partition coefficient (Wildman–Crippen LogP) is 6.47. The number of rotatable bonds is 3. The van der Waals surface area contributed by atoms with E-state index in [-0.39, 0.29) is 11.0 Å². The first-order chi connectivity index (χ1) is 14.4. The Balaban J connectivity index is 1.42. The number of aryl methyl sites for hydroxylation is 2. The molecule has 0 aliphatic carbocycles. The number of carbonyl (C=O) groups is 1. The third kappa shape index (κ3) is 4.59. The first-order valence-corrected chi connectivity index (χ1v) is 11.3. The summed E-state index contributed by atoms with van der Waals surface area (Å²) >= 11 is 10.4. The van der Waals surface area contributed by atoms with E-state index in [2.05, 4.69) is 45.6 Å². The molecule has 1 heterocycles. The molecule has 7 heteroatoms. The van der Waals surface area contributed by atoms with Crippen molar-refractivity contribution in [1.29, 1.82) is 0 Å². The minimum Gasteiger partial charge on any atom is -0.332 e. The molecule has 0 fully saturated rings. The number of thiazole rings is 1. The summed E-state index contributed by atoms with van der Waals surface area (Å²) in [5.74, 6) is -0.255. The topological polar surface area (TPSA) is 54.0 Å². The fourth-order valence-corrected chi connectivity index (χ4v) is 4.58. The predicted molar refractivity (Wildman–Crippen MR) is 132 cm³/mol. The lowest BCUT2D eigenvalue weighted by atomic mass is 10.1. The number of nitrogens with zero attached hydrogens (tertiary/aromatic N) is 1. The van der Waals surface area contributed by atoms with Crippen molar-refractivity contribution in [3.63, 3.8) is 0 Å². The van der Waals surface area contributed by atoms with Crippen LogP contribution in [-0.2, 0) is 0 Å². The van der Waals surface area contributed by atoms with Gasteiger partial charge in [0.25, 0.3) is 5.91 Å². The SMILES string of the molecule is Cc1ccc2nc(-c3ccc(NC(=S)NC(=O)c4ccc(C)c(Br)c4)cc3)sc2c1. The second-order valence-electron chi connectivity index (χ2n) is 6.94. The highest BCUT2D eigenvalue weighted by Crippen LogP contribution is 2.31. The summed E-state index contributed by atoms with van der Waals surface area (Å²) in [5, 5.41) is 6.99. The van der Waals surface area contributed by atoms with Gasteiger partial charge in [-0.05, 0) is 85.7 Å². The molecule has 1 aromatic heterocycles. The molecular formula is C23H18BrN3OS2. The van der Waals surface area contributed by atoms with Crippen molar-refractivity contribution in [2.24, 2.45) is 0 Å². The normalized spacial score (nSPS) is 10.8. The Hall–Kier alpha value is -2.61. The largest absolute Gasteiger partial charge is 0.332 e.